The topological polar surface area (TPSA) is 66.6 Å². The van der Waals surface area contributed by atoms with E-state index < -0.39 is 5.60 Å². The quantitative estimate of drug-likeness (QED) is 0.635. The van der Waals surface area contributed by atoms with Crippen LogP contribution < -0.4 is 0 Å². The van der Waals surface area contributed by atoms with Gasteiger partial charge in [0.15, 0.2) is 0 Å². The number of nitro groups is 1. The average molecular weight is 391 g/mol. The fourth-order valence-electron chi connectivity index (χ4n) is 3.16. The van der Waals surface area contributed by atoms with Gasteiger partial charge in [-0.3, -0.25) is 15.0 Å². The highest BCUT2D eigenvalue weighted by Gasteiger charge is 2.33. The summed E-state index contributed by atoms with van der Waals surface area (Å²) in [6.45, 7) is 2.18. The Morgan fingerprint density at radius 1 is 1.17 bits per heavy atom. The molecule has 1 fully saturated rings. The Balaban J connectivity index is 1.63. The van der Waals surface area contributed by atoms with Gasteiger partial charge in [-0.1, -0.05) is 40.2 Å². The first-order valence-corrected chi connectivity index (χ1v) is 8.70. The largest absolute Gasteiger partial charge is 0.385 e. The molecular formula is C18H19BrN2O3. The van der Waals surface area contributed by atoms with Gasteiger partial charge in [-0.05, 0) is 36.1 Å². The van der Waals surface area contributed by atoms with Crippen molar-refractivity contribution in [3.8, 4) is 0 Å². The van der Waals surface area contributed by atoms with Crippen LogP contribution in [0.3, 0.4) is 0 Å². The molecule has 6 heteroatoms. The molecule has 1 saturated heterocycles. The second-order valence-electron chi connectivity index (χ2n) is 6.24. The second kappa shape index (κ2) is 7.01. The number of aliphatic hydroxyl groups is 1. The first kappa shape index (κ1) is 17.1. The van der Waals surface area contributed by atoms with Crippen molar-refractivity contribution in [1.82, 2.24) is 4.90 Å². The molecule has 1 aliphatic heterocycles. The van der Waals surface area contributed by atoms with Crippen molar-refractivity contribution in [1.29, 1.82) is 0 Å². The van der Waals surface area contributed by atoms with Crippen LogP contribution in [0.15, 0.2) is 53.0 Å². The number of rotatable bonds is 4. The van der Waals surface area contributed by atoms with Gasteiger partial charge in [-0.25, -0.2) is 0 Å². The summed E-state index contributed by atoms with van der Waals surface area (Å²) in [6, 6.07) is 14.6. The second-order valence-corrected chi connectivity index (χ2v) is 7.16. The SMILES string of the molecule is O=[N+]([O-])c1cccc(CN2CCC(O)(c3ccc(Br)cc3)CC2)c1. The molecule has 1 aliphatic rings. The summed E-state index contributed by atoms with van der Waals surface area (Å²) in [4.78, 5) is 12.7. The van der Waals surface area contributed by atoms with E-state index in [0.717, 1.165) is 28.7 Å². The van der Waals surface area contributed by atoms with Crippen molar-refractivity contribution in [2.45, 2.75) is 25.0 Å². The molecule has 0 unspecified atom stereocenters. The molecule has 0 amide bonds. The van der Waals surface area contributed by atoms with E-state index in [4.69, 9.17) is 0 Å². The fraction of sp³-hybridized carbons (Fsp3) is 0.333. The highest BCUT2D eigenvalue weighted by Crippen LogP contribution is 2.34. The van der Waals surface area contributed by atoms with Crippen LogP contribution in [0, 0.1) is 10.1 Å². The molecule has 2 aromatic rings. The number of hydrogen-bond donors (Lipinski definition) is 1. The molecule has 126 valence electrons. The van der Waals surface area contributed by atoms with Crippen molar-refractivity contribution in [3.05, 3.63) is 74.2 Å². The first-order chi connectivity index (χ1) is 11.5. The Morgan fingerprint density at radius 2 is 1.83 bits per heavy atom. The van der Waals surface area contributed by atoms with E-state index in [1.165, 1.54) is 6.07 Å². The predicted octanol–water partition coefficient (Wildman–Crippen LogP) is 3.84. The van der Waals surface area contributed by atoms with Gasteiger partial charge in [0.25, 0.3) is 5.69 Å². The summed E-state index contributed by atoms with van der Waals surface area (Å²) in [5.74, 6) is 0. The van der Waals surface area contributed by atoms with Gasteiger partial charge in [0.1, 0.15) is 0 Å². The summed E-state index contributed by atoms with van der Waals surface area (Å²) in [5, 5.41) is 21.8. The van der Waals surface area contributed by atoms with Crippen LogP contribution in [0.1, 0.15) is 24.0 Å². The molecule has 0 aliphatic carbocycles. The number of non-ortho nitro benzene ring substituents is 1. The Kier molecular flexibility index (Phi) is 4.99. The van der Waals surface area contributed by atoms with Crippen molar-refractivity contribution in [2.75, 3.05) is 13.1 Å². The van der Waals surface area contributed by atoms with Gasteiger partial charge in [0, 0.05) is 36.2 Å². The van der Waals surface area contributed by atoms with Gasteiger partial charge in [0.2, 0.25) is 0 Å². The maximum Gasteiger partial charge on any atom is 0.269 e. The molecule has 0 radical (unpaired) electrons. The smallest absolute Gasteiger partial charge is 0.269 e. The van der Waals surface area contributed by atoms with Crippen LogP contribution >= 0.6 is 15.9 Å². The minimum atomic E-state index is -0.792. The summed E-state index contributed by atoms with van der Waals surface area (Å²) >= 11 is 3.41. The summed E-state index contributed by atoms with van der Waals surface area (Å²) in [6.07, 6.45) is 1.31. The zero-order chi connectivity index (χ0) is 17.2. The lowest BCUT2D eigenvalue weighted by Gasteiger charge is -2.38. The van der Waals surface area contributed by atoms with Gasteiger partial charge in [0.05, 0.1) is 10.5 Å². The fourth-order valence-corrected chi connectivity index (χ4v) is 3.42. The number of nitrogens with zero attached hydrogens (tertiary/aromatic N) is 2. The van der Waals surface area contributed by atoms with E-state index in [-0.39, 0.29) is 10.6 Å². The lowest BCUT2D eigenvalue weighted by atomic mass is 9.84. The maximum absolute atomic E-state index is 10.9. The van der Waals surface area contributed by atoms with E-state index >= 15 is 0 Å². The Morgan fingerprint density at radius 3 is 2.46 bits per heavy atom. The van der Waals surface area contributed by atoms with Gasteiger partial charge in [-0.15, -0.1) is 0 Å². The van der Waals surface area contributed by atoms with Gasteiger partial charge >= 0.3 is 0 Å². The molecule has 3 rings (SSSR count). The van der Waals surface area contributed by atoms with Crippen molar-refractivity contribution < 1.29 is 10.0 Å². The summed E-state index contributed by atoms with van der Waals surface area (Å²) < 4.78 is 0.998. The molecular weight excluding hydrogens is 372 g/mol. The van der Waals surface area contributed by atoms with Crippen molar-refractivity contribution >= 4 is 21.6 Å². The lowest BCUT2D eigenvalue weighted by Crippen LogP contribution is -2.42. The normalized spacial score (nSPS) is 17.6. The Hall–Kier alpha value is -1.76. The molecule has 0 atom stereocenters. The number of hydrogen-bond acceptors (Lipinski definition) is 4. The van der Waals surface area contributed by atoms with E-state index in [1.807, 2.05) is 30.3 Å². The third-order valence-electron chi connectivity index (χ3n) is 4.59. The average Bonchev–Trinajstić information content (AvgIpc) is 2.58. The number of piperidine rings is 1. The van der Waals surface area contributed by atoms with E-state index in [1.54, 1.807) is 12.1 Å². The Labute approximate surface area is 149 Å². The highest BCUT2D eigenvalue weighted by molar-refractivity contribution is 9.10. The minimum absolute atomic E-state index is 0.121. The number of benzene rings is 2. The van der Waals surface area contributed by atoms with Crippen LogP contribution in [-0.4, -0.2) is 28.0 Å². The number of nitro benzene ring substituents is 1. The molecule has 1 heterocycles. The standard InChI is InChI=1S/C18H19BrN2O3/c19-16-6-4-15(5-7-16)18(22)8-10-20(11-9-18)13-14-2-1-3-17(12-14)21(23)24/h1-7,12,22H,8-11,13H2. The van der Waals surface area contributed by atoms with Crippen LogP contribution in [0.4, 0.5) is 5.69 Å². The third kappa shape index (κ3) is 3.83. The van der Waals surface area contributed by atoms with E-state index in [0.29, 0.717) is 19.4 Å². The molecule has 0 aromatic heterocycles. The van der Waals surface area contributed by atoms with Crippen LogP contribution in [0.2, 0.25) is 0 Å². The predicted molar refractivity (Wildman–Crippen MR) is 95.6 cm³/mol. The first-order valence-electron chi connectivity index (χ1n) is 7.90. The van der Waals surface area contributed by atoms with Gasteiger partial charge < -0.3 is 5.11 Å². The minimum Gasteiger partial charge on any atom is -0.385 e. The van der Waals surface area contributed by atoms with E-state index in [2.05, 4.69) is 20.8 Å². The third-order valence-corrected chi connectivity index (χ3v) is 5.12. The zero-order valence-electron chi connectivity index (χ0n) is 13.2. The molecule has 24 heavy (non-hydrogen) atoms. The Bertz CT molecular complexity index is 725. The molecule has 0 spiro atoms. The zero-order valence-corrected chi connectivity index (χ0v) is 14.8. The summed E-state index contributed by atoms with van der Waals surface area (Å²) in [7, 11) is 0. The van der Waals surface area contributed by atoms with E-state index in [9.17, 15) is 15.2 Å². The van der Waals surface area contributed by atoms with Crippen molar-refractivity contribution in [3.63, 3.8) is 0 Å². The molecule has 0 saturated carbocycles. The maximum atomic E-state index is 10.9. The molecule has 0 bridgehead atoms. The molecule has 2 aromatic carbocycles. The van der Waals surface area contributed by atoms with Crippen molar-refractivity contribution in [2.24, 2.45) is 0 Å². The molecule has 1 N–H and O–H groups in total. The van der Waals surface area contributed by atoms with Crippen LogP contribution in [0.5, 0.6) is 0 Å². The number of halogens is 1. The highest BCUT2D eigenvalue weighted by atomic mass is 79.9. The molecule has 5 nitrogen and oxygen atoms in total. The summed E-state index contributed by atoms with van der Waals surface area (Å²) in [5.41, 5.74) is 1.20. The monoisotopic (exact) mass is 390 g/mol. The van der Waals surface area contributed by atoms with Crippen LogP contribution in [0.25, 0.3) is 0 Å². The van der Waals surface area contributed by atoms with Gasteiger partial charge in [-0.2, -0.15) is 0 Å². The lowest BCUT2D eigenvalue weighted by molar-refractivity contribution is -0.384. The van der Waals surface area contributed by atoms with Crippen LogP contribution in [-0.2, 0) is 12.1 Å². The number of likely N-dealkylation sites (tertiary alicyclic amines) is 1.